The number of fused-ring (bicyclic) bond motifs is 1. The van der Waals surface area contributed by atoms with E-state index >= 15 is 0 Å². The van der Waals surface area contributed by atoms with Gasteiger partial charge in [0, 0.05) is 6.54 Å². The van der Waals surface area contributed by atoms with Crippen LogP contribution >= 0.6 is 11.3 Å². The fraction of sp³-hybridized carbons (Fsp3) is 0.167. The molecule has 3 rings (SSSR count). The minimum absolute atomic E-state index is 0.0396. The van der Waals surface area contributed by atoms with Gasteiger partial charge < -0.3 is 4.74 Å². The van der Waals surface area contributed by atoms with E-state index in [-0.39, 0.29) is 16.3 Å². The summed E-state index contributed by atoms with van der Waals surface area (Å²) in [5.74, 6) is -0.649. The average molecular weight is 375 g/mol. The number of hydrogen-bond donors (Lipinski definition) is 1. The van der Waals surface area contributed by atoms with Crippen LogP contribution in [0.5, 0.6) is 0 Å². The third kappa shape index (κ3) is 3.73. The number of sulfonamides is 1. The van der Waals surface area contributed by atoms with Crippen LogP contribution in [0.4, 0.5) is 0 Å². The van der Waals surface area contributed by atoms with Crippen molar-refractivity contribution in [2.24, 2.45) is 0 Å². The molecule has 0 saturated heterocycles. The van der Waals surface area contributed by atoms with E-state index in [1.54, 1.807) is 5.38 Å². The Balaban J connectivity index is 1.75. The van der Waals surface area contributed by atoms with Gasteiger partial charge in [0.25, 0.3) is 0 Å². The summed E-state index contributed by atoms with van der Waals surface area (Å²) in [7, 11) is -2.54. The molecule has 130 valence electrons. The average Bonchev–Trinajstić information content (AvgIpc) is 3.12. The van der Waals surface area contributed by atoms with Gasteiger partial charge >= 0.3 is 5.97 Å². The number of ether oxygens (including phenoxy) is 1. The first kappa shape index (κ1) is 17.6. The Labute approximate surface area is 150 Å². The lowest BCUT2D eigenvalue weighted by Crippen LogP contribution is -2.27. The molecule has 0 bridgehead atoms. The van der Waals surface area contributed by atoms with Crippen molar-refractivity contribution in [2.45, 2.75) is 11.3 Å². The Bertz CT molecular complexity index is 1000. The Morgan fingerprint density at radius 2 is 1.88 bits per heavy atom. The van der Waals surface area contributed by atoms with Gasteiger partial charge in [0.1, 0.15) is 9.77 Å². The molecule has 0 fully saturated rings. The second kappa shape index (κ2) is 7.35. The molecule has 2 aromatic carbocycles. The van der Waals surface area contributed by atoms with Gasteiger partial charge in [-0.3, -0.25) is 0 Å². The second-order valence-electron chi connectivity index (χ2n) is 5.39. The number of esters is 1. The van der Waals surface area contributed by atoms with E-state index in [0.717, 1.165) is 27.7 Å². The van der Waals surface area contributed by atoms with Gasteiger partial charge in [0.15, 0.2) is 0 Å². The van der Waals surface area contributed by atoms with Crippen molar-refractivity contribution in [3.63, 3.8) is 0 Å². The molecular weight excluding hydrogens is 358 g/mol. The molecule has 0 saturated carbocycles. The second-order valence-corrected chi connectivity index (χ2v) is 8.04. The van der Waals surface area contributed by atoms with Crippen LogP contribution in [-0.4, -0.2) is 28.0 Å². The Hall–Kier alpha value is -2.22. The molecule has 1 heterocycles. The third-order valence-electron chi connectivity index (χ3n) is 3.86. The lowest BCUT2D eigenvalue weighted by molar-refractivity contribution is 0.0602. The van der Waals surface area contributed by atoms with Crippen molar-refractivity contribution >= 4 is 38.1 Å². The first-order valence-electron chi connectivity index (χ1n) is 7.65. The van der Waals surface area contributed by atoms with E-state index in [4.69, 9.17) is 0 Å². The maximum Gasteiger partial charge on any atom is 0.349 e. The maximum atomic E-state index is 12.5. The van der Waals surface area contributed by atoms with Crippen LogP contribution in [0.2, 0.25) is 0 Å². The van der Waals surface area contributed by atoms with Crippen LogP contribution in [-0.2, 0) is 21.2 Å². The molecule has 0 spiro atoms. The van der Waals surface area contributed by atoms with Gasteiger partial charge in [-0.05, 0) is 34.2 Å². The molecule has 5 nitrogen and oxygen atoms in total. The maximum absolute atomic E-state index is 12.5. The molecule has 0 aliphatic carbocycles. The molecule has 1 aromatic heterocycles. The minimum Gasteiger partial charge on any atom is -0.465 e. The quantitative estimate of drug-likeness (QED) is 0.672. The summed E-state index contributed by atoms with van der Waals surface area (Å²) in [4.78, 5) is 11.7. The topological polar surface area (TPSA) is 72.5 Å². The molecule has 7 heteroatoms. The number of methoxy groups -OCH3 is 1. The first-order chi connectivity index (χ1) is 12.0. The monoisotopic (exact) mass is 375 g/mol. The molecule has 0 radical (unpaired) electrons. The highest BCUT2D eigenvalue weighted by Crippen LogP contribution is 2.23. The number of thiophene rings is 1. The first-order valence-corrected chi connectivity index (χ1v) is 10.0. The molecule has 0 atom stereocenters. The van der Waals surface area contributed by atoms with Crippen molar-refractivity contribution in [2.75, 3.05) is 13.7 Å². The van der Waals surface area contributed by atoms with E-state index in [1.807, 2.05) is 42.5 Å². The van der Waals surface area contributed by atoms with Crippen molar-refractivity contribution in [1.29, 1.82) is 0 Å². The normalized spacial score (nSPS) is 11.6. The van der Waals surface area contributed by atoms with Gasteiger partial charge in [-0.2, -0.15) is 0 Å². The number of carbonyl (C=O) groups excluding carboxylic acids is 1. The summed E-state index contributed by atoms with van der Waals surface area (Å²) < 4.78 is 32.1. The van der Waals surface area contributed by atoms with Crippen LogP contribution in [0.1, 0.15) is 15.2 Å². The van der Waals surface area contributed by atoms with Crippen molar-refractivity contribution in [1.82, 2.24) is 4.72 Å². The van der Waals surface area contributed by atoms with Gasteiger partial charge in [-0.15, -0.1) is 11.3 Å². The van der Waals surface area contributed by atoms with Gasteiger partial charge in [-0.25, -0.2) is 17.9 Å². The van der Waals surface area contributed by atoms with Crippen molar-refractivity contribution < 1.29 is 17.9 Å². The minimum atomic E-state index is -3.77. The summed E-state index contributed by atoms with van der Waals surface area (Å²) in [6.45, 7) is 0.243. The van der Waals surface area contributed by atoms with Gasteiger partial charge in [-0.1, -0.05) is 42.5 Å². The van der Waals surface area contributed by atoms with Crippen LogP contribution < -0.4 is 4.72 Å². The molecule has 1 N–H and O–H groups in total. The summed E-state index contributed by atoms with van der Waals surface area (Å²) in [6.07, 6.45) is 0.554. The third-order valence-corrected chi connectivity index (χ3v) is 6.38. The summed E-state index contributed by atoms with van der Waals surface area (Å²) in [6, 6.07) is 15.4. The molecule has 0 aliphatic rings. The van der Waals surface area contributed by atoms with Crippen LogP contribution in [0.3, 0.4) is 0 Å². The molecule has 0 unspecified atom stereocenters. The zero-order chi connectivity index (χ0) is 17.9. The number of rotatable bonds is 6. The summed E-state index contributed by atoms with van der Waals surface area (Å²) >= 11 is 1.05. The predicted octanol–water partition coefficient (Wildman–Crippen LogP) is 3.21. The van der Waals surface area contributed by atoms with Crippen LogP contribution in [0.15, 0.2) is 58.8 Å². The lowest BCUT2D eigenvalue weighted by Gasteiger charge is -2.09. The molecule has 0 aliphatic heterocycles. The molecule has 25 heavy (non-hydrogen) atoms. The highest BCUT2D eigenvalue weighted by molar-refractivity contribution is 7.89. The van der Waals surface area contributed by atoms with Crippen LogP contribution in [0, 0.1) is 0 Å². The summed E-state index contributed by atoms with van der Waals surface area (Å²) in [5, 5.41) is 3.79. The highest BCUT2D eigenvalue weighted by Gasteiger charge is 2.24. The van der Waals surface area contributed by atoms with E-state index in [9.17, 15) is 13.2 Å². The number of carbonyl (C=O) groups is 1. The fourth-order valence-electron chi connectivity index (χ4n) is 2.66. The lowest BCUT2D eigenvalue weighted by atomic mass is 10.0. The van der Waals surface area contributed by atoms with Crippen LogP contribution in [0.25, 0.3) is 10.8 Å². The van der Waals surface area contributed by atoms with Gasteiger partial charge in [0.05, 0.1) is 7.11 Å². The Kier molecular flexibility index (Phi) is 5.17. The molecule has 0 amide bonds. The summed E-state index contributed by atoms with van der Waals surface area (Å²) in [5.41, 5.74) is 1.07. The predicted molar refractivity (Wildman–Crippen MR) is 98.5 cm³/mol. The standard InChI is InChI=1S/C18H17NO4S2/c1-23-18(20)17-16(10-12-24-17)25(21,22)19-11-9-14-7-4-6-13-5-2-3-8-15(13)14/h2-8,10,12,19H,9,11H2,1H3. The molecule has 3 aromatic rings. The Morgan fingerprint density at radius 3 is 2.68 bits per heavy atom. The SMILES string of the molecule is COC(=O)c1sccc1S(=O)(=O)NCCc1cccc2ccccc12. The number of hydrogen-bond acceptors (Lipinski definition) is 5. The largest absolute Gasteiger partial charge is 0.465 e. The zero-order valence-corrected chi connectivity index (χ0v) is 15.2. The smallest absolute Gasteiger partial charge is 0.349 e. The van der Waals surface area contributed by atoms with Gasteiger partial charge in [0.2, 0.25) is 10.0 Å². The van der Waals surface area contributed by atoms with E-state index in [0.29, 0.717) is 6.42 Å². The van der Waals surface area contributed by atoms with Crippen molar-refractivity contribution in [3.8, 4) is 0 Å². The van der Waals surface area contributed by atoms with E-state index < -0.39 is 16.0 Å². The molecular formula is C18H17NO4S2. The number of benzene rings is 2. The van der Waals surface area contributed by atoms with E-state index in [1.165, 1.54) is 13.2 Å². The fourth-order valence-corrected chi connectivity index (χ4v) is 5.02. The zero-order valence-electron chi connectivity index (χ0n) is 13.6. The highest BCUT2D eigenvalue weighted by atomic mass is 32.2. The number of nitrogens with one attached hydrogen (secondary N) is 1. The van der Waals surface area contributed by atoms with E-state index in [2.05, 4.69) is 9.46 Å². The Morgan fingerprint density at radius 1 is 1.12 bits per heavy atom. The van der Waals surface area contributed by atoms with Crippen molar-refractivity contribution in [3.05, 3.63) is 64.4 Å².